The molecule has 2 nitrogen and oxygen atoms in total. The third-order valence-electron chi connectivity index (χ3n) is 1.94. The smallest absolute Gasteiger partial charge is 0.324 e. The van der Waals surface area contributed by atoms with Crippen LogP contribution in [0.5, 0.6) is 0 Å². The molecule has 1 aliphatic rings. The normalized spacial score (nSPS) is 39.9. The summed E-state index contributed by atoms with van der Waals surface area (Å²) >= 11 is 5.71. The van der Waals surface area contributed by atoms with E-state index < -0.39 is 5.38 Å². The Labute approximate surface area is 65.5 Å². The van der Waals surface area contributed by atoms with E-state index in [0.29, 0.717) is 0 Å². The molecule has 0 amide bonds. The summed E-state index contributed by atoms with van der Waals surface area (Å²) in [6.07, 6.45) is 0.894. The maximum Gasteiger partial charge on any atom is 0.324 e. The maximum atomic E-state index is 10.8. The van der Waals surface area contributed by atoms with Gasteiger partial charge in [0, 0.05) is 5.92 Å². The first kappa shape index (κ1) is 7.86. The van der Waals surface area contributed by atoms with E-state index >= 15 is 0 Å². The zero-order valence-corrected chi connectivity index (χ0v) is 6.89. The molecule has 0 aromatic rings. The molecule has 3 heteroatoms. The molecule has 0 aliphatic carbocycles. The number of carbonyl (C=O) groups is 1. The Morgan fingerprint density at radius 1 is 1.70 bits per heavy atom. The van der Waals surface area contributed by atoms with Crippen molar-refractivity contribution in [2.75, 3.05) is 0 Å². The van der Waals surface area contributed by atoms with Crippen LogP contribution in [0.2, 0.25) is 0 Å². The van der Waals surface area contributed by atoms with E-state index in [9.17, 15) is 4.79 Å². The van der Waals surface area contributed by atoms with Crippen LogP contribution >= 0.6 is 11.6 Å². The molecule has 1 fully saturated rings. The van der Waals surface area contributed by atoms with Gasteiger partial charge in [0.25, 0.3) is 0 Å². The number of ether oxygens (including phenoxy) is 1. The second-order valence-corrected chi connectivity index (χ2v) is 3.11. The van der Waals surface area contributed by atoms with Crippen LogP contribution in [0.25, 0.3) is 0 Å². The Bertz CT molecular complexity index is 147. The van der Waals surface area contributed by atoms with Crippen LogP contribution in [0, 0.1) is 5.92 Å². The van der Waals surface area contributed by atoms with Crippen LogP contribution in [-0.4, -0.2) is 17.5 Å². The van der Waals surface area contributed by atoms with E-state index in [1.54, 1.807) is 0 Å². The highest BCUT2D eigenvalue weighted by atomic mass is 35.5. The zero-order chi connectivity index (χ0) is 7.72. The number of hydrogen-bond acceptors (Lipinski definition) is 2. The summed E-state index contributed by atoms with van der Waals surface area (Å²) in [5.74, 6) is -0.0971. The minimum atomic E-state index is -0.426. The Kier molecular flexibility index (Phi) is 2.19. The number of cyclic esters (lactones) is 1. The molecule has 10 heavy (non-hydrogen) atoms. The van der Waals surface area contributed by atoms with Gasteiger partial charge in [-0.1, -0.05) is 13.8 Å². The first-order valence-corrected chi connectivity index (χ1v) is 3.95. The van der Waals surface area contributed by atoms with E-state index in [1.165, 1.54) is 0 Å². The van der Waals surface area contributed by atoms with Crippen molar-refractivity contribution in [2.24, 2.45) is 5.92 Å². The van der Waals surface area contributed by atoms with Gasteiger partial charge in [0.1, 0.15) is 11.5 Å². The summed E-state index contributed by atoms with van der Waals surface area (Å²) in [6.45, 7) is 3.93. The standard InChI is InChI=1S/C7H11ClO2/c1-3-5-4(2)6(8)7(9)10-5/h4-6H,3H2,1-2H3. The van der Waals surface area contributed by atoms with E-state index in [-0.39, 0.29) is 18.0 Å². The Morgan fingerprint density at radius 2 is 2.30 bits per heavy atom. The predicted molar refractivity (Wildman–Crippen MR) is 39.0 cm³/mol. The molecule has 0 aromatic heterocycles. The van der Waals surface area contributed by atoms with E-state index in [0.717, 1.165) is 6.42 Å². The number of carbonyl (C=O) groups excluding carboxylic acids is 1. The van der Waals surface area contributed by atoms with Gasteiger partial charge < -0.3 is 4.74 Å². The van der Waals surface area contributed by atoms with Crippen molar-refractivity contribution < 1.29 is 9.53 Å². The van der Waals surface area contributed by atoms with Crippen molar-refractivity contribution in [1.29, 1.82) is 0 Å². The van der Waals surface area contributed by atoms with Crippen molar-refractivity contribution in [2.45, 2.75) is 31.7 Å². The van der Waals surface area contributed by atoms with Crippen LogP contribution in [0.1, 0.15) is 20.3 Å². The van der Waals surface area contributed by atoms with Crippen LogP contribution in [0.15, 0.2) is 0 Å². The second-order valence-electron chi connectivity index (χ2n) is 2.64. The highest BCUT2D eigenvalue weighted by molar-refractivity contribution is 6.30. The molecule has 3 atom stereocenters. The van der Waals surface area contributed by atoms with Gasteiger partial charge in [0.2, 0.25) is 0 Å². The first-order valence-electron chi connectivity index (χ1n) is 3.51. The topological polar surface area (TPSA) is 26.3 Å². The Morgan fingerprint density at radius 3 is 2.50 bits per heavy atom. The van der Waals surface area contributed by atoms with E-state index in [1.807, 2.05) is 13.8 Å². The number of halogens is 1. The summed E-state index contributed by atoms with van der Waals surface area (Å²) in [5, 5.41) is -0.426. The minimum absolute atomic E-state index is 0.0370. The molecule has 1 heterocycles. The molecular formula is C7H11ClO2. The summed E-state index contributed by atoms with van der Waals surface area (Å²) in [5.41, 5.74) is 0. The molecule has 58 valence electrons. The van der Waals surface area contributed by atoms with E-state index in [4.69, 9.17) is 16.3 Å². The van der Waals surface area contributed by atoms with Crippen molar-refractivity contribution in [3.63, 3.8) is 0 Å². The van der Waals surface area contributed by atoms with Crippen LogP contribution in [0.3, 0.4) is 0 Å². The third-order valence-corrected chi connectivity index (χ3v) is 2.52. The molecule has 3 unspecified atom stereocenters. The summed E-state index contributed by atoms with van der Waals surface area (Å²) in [4.78, 5) is 10.8. The molecule has 1 rings (SSSR count). The molecule has 0 bridgehead atoms. The number of esters is 1. The van der Waals surface area contributed by atoms with Crippen molar-refractivity contribution in [3.05, 3.63) is 0 Å². The molecule has 0 N–H and O–H groups in total. The molecule has 0 aromatic carbocycles. The fourth-order valence-corrected chi connectivity index (χ4v) is 1.39. The van der Waals surface area contributed by atoms with Crippen molar-refractivity contribution in [3.8, 4) is 0 Å². The molecule has 0 spiro atoms. The summed E-state index contributed by atoms with van der Waals surface area (Å²) in [6, 6.07) is 0. The molecule has 0 saturated carbocycles. The van der Waals surface area contributed by atoms with Gasteiger partial charge in [-0.25, -0.2) is 0 Å². The highest BCUT2D eigenvalue weighted by Crippen LogP contribution is 2.28. The monoisotopic (exact) mass is 162 g/mol. The average molecular weight is 163 g/mol. The fourth-order valence-electron chi connectivity index (χ4n) is 1.18. The molecule has 0 radical (unpaired) electrons. The Hall–Kier alpha value is -0.240. The largest absolute Gasteiger partial charge is 0.461 e. The number of rotatable bonds is 1. The number of hydrogen-bond donors (Lipinski definition) is 0. The summed E-state index contributed by atoms with van der Waals surface area (Å²) in [7, 11) is 0. The lowest BCUT2D eigenvalue weighted by Crippen LogP contribution is -2.16. The lowest BCUT2D eigenvalue weighted by Gasteiger charge is -2.09. The van der Waals surface area contributed by atoms with Crippen LogP contribution in [-0.2, 0) is 9.53 Å². The molecule has 1 aliphatic heterocycles. The van der Waals surface area contributed by atoms with Crippen LogP contribution in [0.4, 0.5) is 0 Å². The third kappa shape index (κ3) is 1.12. The van der Waals surface area contributed by atoms with Gasteiger partial charge in [-0.15, -0.1) is 11.6 Å². The lowest BCUT2D eigenvalue weighted by atomic mass is 10.0. The van der Waals surface area contributed by atoms with Gasteiger partial charge in [0.05, 0.1) is 0 Å². The second kappa shape index (κ2) is 2.79. The van der Waals surface area contributed by atoms with Gasteiger partial charge >= 0.3 is 5.97 Å². The summed E-state index contributed by atoms with van der Waals surface area (Å²) < 4.78 is 4.96. The maximum absolute atomic E-state index is 10.8. The van der Waals surface area contributed by atoms with Gasteiger partial charge in [0.15, 0.2) is 0 Å². The van der Waals surface area contributed by atoms with Gasteiger partial charge in [-0.05, 0) is 6.42 Å². The molecule has 1 saturated heterocycles. The Balaban J connectivity index is 2.61. The average Bonchev–Trinajstić information content (AvgIpc) is 2.17. The lowest BCUT2D eigenvalue weighted by molar-refractivity contribution is -0.141. The minimum Gasteiger partial charge on any atom is -0.461 e. The van der Waals surface area contributed by atoms with Gasteiger partial charge in [-0.2, -0.15) is 0 Å². The van der Waals surface area contributed by atoms with Crippen molar-refractivity contribution >= 4 is 17.6 Å². The van der Waals surface area contributed by atoms with Crippen LogP contribution < -0.4 is 0 Å². The zero-order valence-electron chi connectivity index (χ0n) is 6.13. The number of alkyl halides is 1. The SMILES string of the molecule is CCC1OC(=O)C(Cl)C1C. The first-order chi connectivity index (χ1) is 4.66. The van der Waals surface area contributed by atoms with Gasteiger partial charge in [-0.3, -0.25) is 4.79 Å². The fraction of sp³-hybridized carbons (Fsp3) is 0.857. The van der Waals surface area contributed by atoms with E-state index in [2.05, 4.69) is 0 Å². The quantitative estimate of drug-likeness (QED) is 0.432. The van der Waals surface area contributed by atoms with Crippen molar-refractivity contribution in [1.82, 2.24) is 0 Å². The predicted octanol–water partition coefficient (Wildman–Crippen LogP) is 1.57. The highest BCUT2D eigenvalue weighted by Gasteiger charge is 2.39. The molecular weight excluding hydrogens is 152 g/mol.